The molecule has 0 amide bonds. The maximum atomic E-state index is 3.19. The van der Waals surface area contributed by atoms with Crippen molar-refractivity contribution in [2.45, 2.75) is 19.3 Å². The quantitative estimate of drug-likeness (QED) is 0.664. The monoisotopic (exact) mass is 301 g/mol. The fourth-order valence-corrected chi connectivity index (χ4v) is 2.96. The Morgan fingerprint density at radius 2 is 1.30 bits per heavy atom. The highest BCUT2D eigenvalue weighted by Crippen LogP contribution is 2.29. The molecule has 1 unspecified atom stereocenters. The Balaban J connectivity index is 1.96. The summed E-state index contributed by atoms with van der Waals surface area (Å²) in [5.41, 5.74) is 6.55. The van der Waals surface area contributed by atoms with Gasteiger partial charge in [-0.25, -0.2) is 0 Å². The van der Waals surface area contributed by atoms with Gasteiger partial charge in [-0.15, -0.1) is 0 Å². The minimum atomic E-state index is 0.379. The molecule has 0 fully saturated rings. The summed E-state index contributed by atoms with van der Waals surface area (Å²) in [7, 11) is 1.95. The van der Waals surface area contributed by atoms with Crippen LogP contribution in [-0.2, 0) is 6.42 Å². The summed E-state index contributed by atoms with van der Waals surface area (Å²) < 4.78 is 0. The molecule has 0 saturated carbocycles. The summed E-state index contributed by atoms with van der Waals surface area (Å²) in [4.78, 5) is 0. The van der Waals surface area contributed by atoms with Crippen LogP contribution in [0.4, 0.5) is 5.69 Å². The van der Waals surface area contributed by atoms with Crippen LogP contribution in [0, 0.1) is 6.92 Å². The zero-order valence-electron chi connectivity index (χ0n) is 13.8. The minimum Gasteiger partial charge on any atom is -0.388 e. The molecule has 0 bridgehead atoms. The smallest absolute Gasteiger partial charge is 0.0337 e. The molecule has 3 aromatic carbocycles. The first-order chi connectivity index (χ1) is 11.3. The molecule has 3 rings (SSSR count). The third-order valence-electron chi connectivity index (χ3n) is 4.36. The third-order valence-corrected chi connectivity index (χ3v) is 4.36. The number of anilines is 1. The van der Waals surface area contributed by atoms with Gasteiger partial charge in [0, 0.05) is 18.7 Å². The van der Waals surface area contributed by atoms with Gasteiger partial charge in [-0.1, -0.05) is 72.3 Å². The van der Waals surface area contributed by atoms with Gasteiger partial charge < -0.3 is 5.32 Å². The molecular formula is C22H23N. The van der Waals surface area contributed by atoms with Crippen LogP contribution >= 0.6 is 0 Å². The summed E-state index contributed by atoms with van der Waals surface area (Å²) in [6.07, 6.45) is 1.02. The fraction of sp³-hybridized carbons (Fsp3) is 0.182. The van der Waals surface area contributed by atoms with E-state index in [9.17, 15) is 0 Å². The maximum Gasteiger partial charge on any atom is 0.0337 e. The standard InChI is InChI=1S/C22H23N/c1-17-8-10-19(11-9-17)22(16-18-6-4-3-5-7-18)20-12-14-21(23-2)15-13-20/h3-15,22-23H,16H2,1-2H3. The van der Waals surface area contributed by atoms with Crippen LogP contribution < -0.4 is 5.32 Å². The lowest BCUT2D eigenvalue weighted by Gasteiger charge is -2.19. The summed E-state index contributed by atoms with van der Waals surface area (Å²) in [5.74, 6) is 0.379. The summed E-state index contributed by atoms with van der Waals surface area (Å²) in [5, 5.41) is 3.19. The summed E-state index contributed by atoms with van der Waals surface area (Å²) in [6.45, 7) is 2.14. The molecule has 0 radical (unpaired) electrons. The SMILES string of the molecule is CNc1ccc(C(Cc2ccccc2)c2ccc(C)cc2)cc1. The van der Waals surface area contributed by atoms with Crippen LogP contribution in [0.25, 0.3) is 0 Å². The summed E-state index contributed by atoms with van der Waals surface area (Å²) in [6, 6.07) is 28.4. The molecule has 0 aliphatic heterocycles. The normalized spacial score (nSPS) is 11.9. The van der Waals surface area contributed by atoms with E-state index < -0.39 is 0 Å². The molecule has 116 valence electrons. The van der Waals surface area contributed by atoms with Gasteiger partial charge in [0.25, 0.3) is 0 Å². The highest BCUT2D eigenvalue weighted by atomic mass is 14.8. The highest BCUT2D eigenvalue weighted by Gasteiger charge is 2.15. The van der Waals surface area contributed by atoms with E-state index in [0.29, 0.717) is 5.92 Å². The van der Waals surface area contributed by atoms with E-state index in [0.717, 1.165) is 12.1 Å². The van der Waals surface area contributed by atoms with E-state index in [1.807, 2.05) is 7.05 Å². The van der Waals surface area contributed by atoms with Gasteiger partial charge in [-0.05, 0) is 42.2 Å². The van der Waals surface area contributed by atoms with Crippen molar-refractivity contribution in [2.24, 2.45) is 0 Å². The summed E-state index contributed by atoms with van der Waals surface area (Å²) >= 11 is 0. The van der Waals surface area contributed by atoms with Crippen molar-refractivity contribution in [3.8, 4) is 0 Å². The molecule has 1 heteroatoms. The first-order valence-electron chi connectivity index (χ1n) is 8.14. The van der Waals surface area contributed by atoms with Crippen molar-refractivity contribution in [3.63, 3.8) is 0 Å². The molecule has 0 aromatic heterocycles. The molecular weight excluding hydrogens is 278 g/mol. The molecule has 0 spiro atoms. The van der Waals surface area contributed by atoms with Crippen molar-refractivity contribution in [3.05, 3.63) is 101 Å². The van der Waals surface area contributed by atoms with Crippen LogP contribution in [0.15, 0.2) is 78.9 Å². The van der Waals surface area contributed by atoms with Crippen LogP contribution in [0.2, 0.25) is 0 Å². The van der Waals surface area contributed by atoms with Gasteiger partial charge >= 0.3 is 0 Å². The van der Waals surface area contributed by atoms with E-state index in [2.05, 4.69) is 91.1 Å². The molecule has 3 aromatic rings. The van der Waals surface area contributed by atoms with Gasteiger partial charge in [0.05, 0.1) is 0 Å². The second-order valence-electron chi connectivity index (χ2n) is 6.03. The van der Waals surface area contributed by atoms with Crippen molar-refractivity contribution >= 4 is 5.69 Å². The third kappa shape index (κ3) is 3.81. The van der Waals surface area contributed by atoms with Crippen molar-refractivity contribution in [1.82, 2.24) is 0 Å². The van der Waals surface area contributed by atoms with Crippen molar-refractivity contribution in [2.75, 3.05) is 12.4 Å². The fourth-order valence-electron chi connectivity index (χ4n) is 2.96. The van der Waals surface area contributed by atoms with E-state index in [1.165, 1.54) is 22.3 Å². The number of benzene rings is 3. The second-order valence-corrected chi connectivity index (χ2v) is 6.03. The molecule has 0 aliphatic carbocycles. The Labute approximate surface area is 139 Å². The topological polar surface area (TPSA) is 12.0 Å². The number of hydrogen-bond donors (Lipinski definition) is 1. The van der Waals surface area contributed by atoms with Crippen molar-refractivity contribution in [1.29, 1.82) is 0 Å². The van der Waals surface area contributed by atoms with E-state index in [1.54, 1.807) is 0 Å². The molecule has 0 heterocycles. The Morgan fingerprint density at radius 3 is 1.87 bits per heavy atom. The largest absolute Gasteiger partial charge is 0.388 e. The lowest BCUT2D eigenvalue weighted by molar-refractivity contribution is 0.805. The van der Waals surface area contributed by atoms with E-state index >= 15 is 0 Å². The maximum absolute atomic E-state index is 3.19. The zero-order chi connectivity index (χ0) is 16.1. The molecule has 1 atom stereocenters. The first kappa shape index (κ1) is 15.4. The predicted molar refractivity (Wildman–Crippen MR) is 99.2 cm³/mol. The van der Waals surface area contributed by atoms with Gasteiger partial charge in [0.15, 0.2) is 0 Å². The van der Waals surface area contributed by atoms with E-state index in [-0.39, 0.29) is 0 Å². The first-order valence-corrected chi connectivity index (χ1v) is 8.14. The Hall–Kier alpha value is -2.54. The lowest BCUT2D eigenvalue weighted by atomic mass is 9.85. The average molecular weight is 301 g/mol. The molecule has 0 aliphatic rings. The van der Waals surface area contributed by atoms with Crippen LogP contribution in [0.1, 0.15) is 28.2 Å². The van der Waals surface area contributed by atoms with Gasteiger partial charge in [0.2, 0.25) is 0 Å². The Bertz CT molecular complexity index is 727. The zero-order valence-corrected chi connectivity index (χ0v) is 13.8. The molecule has 1 N–H and O–H groups in total. The van der Waals surface area contributed by atoms with Crippen LogP contribution in [-0.4, -0.2) is 7.05 Å². The molecule has 1 nitrogen and oxygen atoms in total. The number of rotatable bonds is 5. The van der Waals surface area contributed by atoms with Gasteiger partial charge in [-0.2, -0.15) is 0 Å². The number of nitrogens with one attached hydrogen (secondary N) is 1. The Kier molecular flexibility index (Phi) is 4.77. The van der Waals surface area contributed by atoms with Crippen LogP contribution in [0.5, 0.6) is 0 Å². The predicted octanol–water partition coefficient (Wildman–Crippen LogP) is 5.41. The molecule has 0 saturated heterocycles. The second kappa shape index (κ2) is 7.15. The molecule has 23 heavy (non-hydrogen) atoms. The number of hydrogen-bond acceptors (Lipinski definition) is 1. The van der Waals surface area contributed by atoms with E-state index in [4.69, 9.17) is 0 Å². The Morgan fingerprint density at radius 1 is 0.739 bits per heavy atom. The minimum absolute atomic E-state index is 0.379. The number of aryl methyl sites for hydroxylation is 1. The average Bonchev–Trinajstić information content (AvgIpc) is 2.62. The van der Waals surface area contributed by atoms with Crippen LogP contribution in [0.3, 0.4) is 0 Å². The van der Waals surface area contributed by atoms with Gasteiger partial charge in [-0.3, -0.25) is 0 Å². The lowest BCUT2D eigenvalue weighted by Crippen LogP contribution is -2.05. The van der Waals surface area contributed by atoms with Crippen molar-refractivity contribution < 1.29 is 0 Å². The van der Waals surface area contributed by atoms with Gasteiger partial charge in [0.1, 0.15) is 0 Å². The highest BCUT2D eigenvalue weighted by molar-refractivity contribution is 5.46.